The van der Waals surface area contributed by atoms with Crippen molar-refractivity contribution in [1.29, 1.82) is 0 Å². The lowest BCUT2D eigenvalue weighted by Gasteiger charge is -2.32. The minimum absolute atomic E-state index is 0.204. The predicted molar refractivity (Wildman–Crippen MR) is 89.3 cm³/mol. The highest BCUT2D eigenvalue weighted by Gasteiger charge is 2.23. The molecule has 0 atom stereocenters. The van der Waals surface area contributed by atoms with Crippen LogP contribution in [0.15, 0.2) is 0 Å². The molecule has 134 valence electrons. The molecule has 1 rings (SSSR count). The first kappa shape index (κ1) is 19.7. The predicted octanol–water partition coefficient (Wildman–Crippen LogP) is 2.71. The lowest BCUT2D eigenvalue weighted by molar-refractivity contribution is -0.141. The molecule has 1 fully saturated rings. The van der Waals surface area contributed by atoms with Crippen LogP contribution in [0, 0.1) is 0 Å². The smallest absolute Gasteiger partial charge is 0.407 e. The molecule has 6 nitrogen and oxygen atoms in total. The van der Waals surface area contributed by atoms with E-state index < -0.39 is 5.60 Å². The monoisotopic (exact) mass is 328 g/mol. The van der Waals surface area contributed by atoms with Crippen LogP contribution in [-0.2, 0) is 14.3 Å². The Morgan fingerprint density at radius 2 is 1.78 bits per heavy atom. The Labute approximate surface area is 139 Å². The van der Waals surface area contributed by atoms with E-state index in [-0.39, 0.29) is 18.1 Å². The molecule has 0 unspecified atom stereocenters. The topological polar surface area (TPSA) is 67.9 Å². The van der Waals surface area contributed by atoms with E-state index in [0.29, 0.717) is 6.61 Å². The zero-order chi connectivity index (χ0) is 17.3. The number of likely N-dealkylation sites (tertiary alicyclic amines) is 1. The van der Waals surface area contributed by atoms with Gasteiger partial charge in [-0.1, -0.05) is 0 Å². The van der Waals surface area contributed by atoms with E-state index >= 15 is 0 Å². The van der Waals surface area contributed by atoms with E-state index in [1.165, 1.54) is 6.92 Å². The number of rotatable bonds is 7. The Hall–Kier alpha value is -1.30. The largest absolute Gasteiger partial charge is 0.466 e. The second-order valence-electron chi connectivity index (χ2n) is 7.16. The number of carbonyl (C=O) groups is 2. The van der Waals surface area contributed by atoms with Gasteiger partial charge in [-0.05, 0) is 59.4 Å². The maximum atomic E-state index is 11.7. The first-order valence-electron chi connectivity index (χ1n) is 8.61. The van der Waals surface area contributed by atoms with Crippen molar-refractivity contribution >= 4 is 12.1 Å². The molecule has 0 aliphatic carbocycles. The van der Waals surface area contributed by atoms with Crippen LogP contribution < -0.4 is 5.32 Å². The van der Waals surface area contributed by atoms with Gasteiger partial charge in [0.15, 0.2) is 0 Å². The fourth-order valence-electron chi connectivity index (χ4n) is 2.61. The van der Waals surface area contributed by atoms with Crippen LogP contribution in [0.25, 0.3) is 0 Å². The zero-order valence-electron chi connectivity index (χ0n) is 15.0. The van der Waals surface area contributed by atoms with Crippen LogP contribution in [0.2, 0.25) is 0 Å². The summed E-state index contributed by atoms with van der Waals surface area (Å²) >= 11 is 0. The molecule has 0 aromatic heterocycles. The number of piperidine rings is 1. The minimum atomic E-state index is -0.448. The van der Waals surface area contributed by atoms with Gasteiger partial charge in [-0.2, -0.15) is 0 Å². The molecule has 0 radical (unpaired) electrons. The summed E-state index contributed by atoms with van der Waals surface area (Å²) in [5, 5.41) is 2.95. The Balaban J connectivity index is 2.07. The van der Waals surface area contributed by atoms with Crippen molar-refractivity contribution < 1.29 is 19.1 Å². The summed E-state index contributed by atoms with van der Waals surface area (Å²) in [5.41, 5.74) is -0.448. The number of nitrogens with zero attached hydrogens (tertiary/aromatic N) is 1. The van der Waals surface area contributed by atoms with Gasteiger partial charge in [0.1, 0.15) is 5.60 Å². The summed E-state index contributed by atoms with van der Waals surface area (Å²) in [5.74, 6) is -0.204. The molecule has 23 heavy (non-hydrogen) atoms. The van der Waals surface area contributed by atoms with E-state index in [1.807, 2.05) is 20.8 Å². The van der Waals surface area contributed by atoms with Crippen molar-refractivity contribution in [2.24, 2.45) is 0 Å². The average molecular weight is 328 g/mol. The van der Waals surface area contributed by atoms with Crippen LogP contribution in [0.4, 0.5) is 4.79 Å². The Morgan fingerprint density at radius 1 is 1.13 bits per heavy atom. The lowest BCUT2D eigenvalue weighted by Crippen LogP contribution is -2.46. The quantitative estimate of drug-likeness (QED) is 0.575. The average Bonchev–Trinajstić information content (AvgIpc) is 2.42. The molecule has 1 saturated heterocycles. The van der Waals surface area contributed by atoms with Crippen molar-refractivity contribution in [2.45, 2.75) is 71.4 Å². The van der Waals surface area contributed by atoms with Crippen LogP contribution in [-0.4, -0.2) is 54.8 Å². The third-order valence-corrected chi connectivity index (χ3v) is 3.73. The third kappa shape index (κ3) is 10.2. The molecule has 1 aliphatic heterocycles. The number of unbranched alkanes of at least 4 members (excludes halogenated alkanes) is 2. The second kappa shape index (κ2) is 9.75. The van der Waals surface area contributed by atoms with Crippen molar-refractivity contribution in [2.75, 3.05) is 26.2 Å². The summed E-state index contributed by atoms with van der Waals surface area (Å²) in [4.78, 5) is 24.8. The van der Waals surface area contributed by atoms with E-state index in [0.717, 1.165) is 51.7 Å². The lowest BCUT2D eigenvalue weighted by atomic mass is 10.0. The third-order valence-electron chi connectivity index (χ3n) is 3.73. The number of hydrogen-bond donors (Lipinski definition) is 1. The molecule has 0 aromatic rings. The van der Waals surface area contributed by atoms with Crippen LogP contribution in [0.3, 0.4) is 0 Å². The fraction of sp³-hybridized carbons (Fsp3) is 0.882. The zero-order valence-corrected chi connectivity index (χ0v) is 15.0. The van der Waals surface area contributed by atoms with Crippen LogP contribution in [0.1, 0.15) is 59.8 Å². The number of nitrogens with one attached hydrogen (secondary N) is 1. The van der Waals surface area contributed by atoms with Gasteiger partial charge in [0, 0.05) is 26.1 Å². The van der Waals surface area contributed by atoms with Crippen LogP contribution >= 0.6 is 0 Å². The van der Waals surface area contributed by atoms with E-state index in [2.05, 4.69) is 10.2 Å². The summed E-state index contributed by atoms with van der Waals surface area (Å²) < 4.78 is 10.2. The Kier molecular flexibility index (Phi) is 8.37. The van der Waals surface area contributed by atoms with Crippen molar-refractivity contribution in [3.63, 3.8) is 0 Å². The SMILES string of the molecule is CC(=O)OCCCCCN1CCC(NC(=O)OC(C)(C)C)CC1. The molecule has 1 amide bonds. The number of ether oxygens (including phenoxy) is 2. The standard InChI is InChI=1S/C17H32N2O4/c1-14(20)22-13-7-5-6-10-19-11-8-15(9-12-19)18-16(21)23-17(2,3)4/h15H,5-13H2,1-4H3,(H,18,21). The summed E-state index contributed by atoms with van der Waals surface area (Å²) in [7, 11) is 0. The molecule has 0 aromatic carbocycles. The molecule has 0 bridgehead atoms. The molecule has 1 aliphatic rings. The molecule has 0 saturated carbocycles. The molecular weight excluding hydrogens is 296 g/mol. The van der Waals surface area contributed by atoms with Gasteiger partial charge in [0.25, 0.3) is 0 Å². The molecule has 1 N–H and O–H groups in total. The summed E-state index contributed by atoms with van der Waals surface area (Å²) in [6.45, 7) is 10.7. The molecule has 0 spiro atoms. The first-order valence-corrected chi connectivity index (χ1v) is 8.61. The normalized spacial score (nSPS) is 16.9. The first-order chi connectivity index (χ1) is 10.8. The van der Waals surface area contributed by atoms with Gasteiger partial charge >= 0.3 is 12.1 Å². The van der Waals surface area contributed by atoms with Gasteiger partial charge in [-0.15, -0.1) is 0 Å². The fourth-order valence-corrected chi connectivity index (χ4v) is 2.61. The van der Waals surface area contributed by atoms with Gasteiger partial charge < -0.3 is 19.7 Å². The highest BCUT2D eigenvalue weighted by Crippen LogP contribution is 2.13. The molecule has 6 heteroatoms. The highest BCUT2D eigenvalue weighted by molar-refractivity contribution is 5.68. The van der Waals surface area contributed by atoms with E-state index in [4.69, 9.17) is 9.47 Å². The molecule has 1 heterocycles. The number of amides is 1. The van der Waals surface area contributed by atoms with Gasteiger partial charge in [0.05, 0.1) is 6.61 Å². The minimum Gasteiger partial charge on any atom is -0.466 e. The van der Waals surface area contributed by atoms with Gasteiger partial charge in [0.2, 0.25) is 0 Å². The second-order valence-corrected chi connectivity index (χ2v) is 7.16. The maximum absolute atomic E-state index is 11.7. The van der Waals surface area contributed by atoms with Gasteiger partial charge in [-0.3, -0.25) is 4.79 Å². The van der Waals surface area contributed by atoms with E-state index in [9.17, 15) is 9.59 Å². The number of alkyl carbamates (subject to hydrolysis) is 1. The molecular formula is C17H32N2O4. The summed E-state index contributed by atoms with van der Waals surface area (Å²) in [6.07, 6.45) is 4.73. The van der Waals surface area contributed by atoms with Crippen molar-refractivity contribution in [3.8, 4) is 0 Å². The number of hydrogen-bond acceptors (Lipinski definition) is 5. The number of carbonyl (C=O) groups excluding carboxylic acids is 2. The Morgan fingerprint density at radius 3 is 2.35 bits per heavy atom. The summed E-state index contributed by atoms with van der Waals surface area (Å²) in [6, 6.07) is 0.213. The van der Waals surface area contributed by atoms with Crippen molar-refractivity contribution in [3.05, 3.63) is 0 Å². The maximum Gasteiger partial charge on any atom is 0.407 e. The van der Waals surface area contributed by atoms with Gasteiger partial charge in [-0.25, -0.2) is 4.79 Å². The van der Waals surface area contributed by atoms with Crippen molar-refractivity contribution in [1.82, 2.24) is 10.2 Å². The Bertz CT molecular complexity index is 371. The van der Waals surface area contributed by atoms with E-state index in [1.54, 1.807) is 0 Å². The number of esters is 1. The highest BCUT2D eigenvalue weighted by atomic mass is 16.6. The van der Waals surface area contributed by atoms with Crippen LogP contribution in [0.5, 0.6) is 0 Å².